The predicted molar refractivity (Wildman–Crippen MR) is 84.3 cm³/mol. The summed E-state index contributed by atoms with van der Waals surface area (Å²) >= 11 is 1.54. The van der Waals surface area contributed by atoms with E-state index in [0.717, 1.165) is 22.6 Å². The molecule has 0 saturated carbocycles. The Hall–Kier alpha value is -0.140. The van der Waals surface area contributed by atoms with E-state index in [1.165, 1.54) is 12.8 Å². The quantitative estimate of drug-likeness (QED) is 0.890. The molecule has 1 aromatic heterocycles. The molecular formula is C13H21ClN2O2S2. The maximum absolute atomic E-state index is 12.4. The topological polar surface area (TPSA) is 58.2 Å². The second-order valence-electron chi connectivity index (χ2n) is 5.70. The van der Waals surface area contributed by atoms with E-state index in [9.17, 15) is 8.42 Å². The average Bonchev–Trinajstić information content (AvgIpc) is 2.81. The van der Waals surface area contributed by atoms with Crippen molar-refractivity contribution in [3.05, 3.63) is 15.8 Å². The number of piperidine rings is 1. The monoisotopic (exact) mass is 336 g/mol. The number of hydrogen-bond acceptors (Lipinski definition) is 4. The van der Waals surface area contributed by atoms with E-state index < -0.39 is 10.0 Å². The molecule has 2 saturated heterocycles. The molecule has 1 aromatic rings. The molecule has 3 rings (SSSR count). The first kappa shape index (κ1) is 16.2. The number of fused-ring (bicyclic) bond motifs is 2. The van der Waals surface area contributed by atoms with Crippen LogP contribution in [0.3, 0.4) is 0 Å². The normalized spacial score (nSPS) is 29.2. The van der Waals surface area contributed by atoms with Crippen LogP contribution in [0.25, 0.3) is 0 Å². The Bertz CT molecular complexity index is 573. The van der Waals surface area contributed by atoms with Crippen molar-refractivity contribution in [2.24, 2.45) is 0 Å². The van der Waals surface area contributed by atoms with Crippen molar-refractivity contribution in [1.82, 2.24) is 10.0 Å². The van der Waals surface area contributed by atoms with Crippen molar-refractivity contribution in [2.45, 2.75) is 62.6 Å². The molecule has 0 aliphatic carbocycles. The molecule has 0 aromatic carbocycles. The first-order chi connectivity index (χ1) is 8.94. The molecule has 114 valence electrons. The first-order valence-corrected chi connectivity index (χ1v) is 9.09. The lowest BCUT2D eigenvalue weighted by atomic mass is 10.0. The summed E-state index contributed by atoms with van der Waals surface area (Å²) in [5.74, 6) is 0. The van der Waals surface area contributed by atoms with E-state index in [1.54, 1.807) is 17.4 Å². The Morgan fingerprint density at radius 1 is 1.25 bits per heavy atom. The summed E-state index contributed by atoms with van der Waals surface area (Å²) in [5, 5.41) is 3.53. The van der Waals surface area contributed by atoms with Crippen LogP contribution >= 0.6 is 23.7 Å². The number of hydrogen-bond donors (Lipinski definition) is 2. The zero-order valence-corrected chi connectivity index (χ0v) is 14.1. The van der Waals surface area contributed by atoms with Gasteiger partial charge in [-0.05, 0) is 45.6 Å². The summed E-state index contributed by atoms with van der Waals surface area (Å²) in [5.41, 5.74) is 0. The van der Waals surface area contributed by atoms with Crippen LogP contribution in [0.1, 0.15) is 35.4 Å². The van der Waals surface area contributed by atoms with Gasteiger partial charge in [-0.3, -0.25) is 0 Å². The predicted octanol–water partition coefficient (Wildman–Crippen LogP) is 2.35. The molecule has 0 spiro atoms. The highest BCUT2D eigenvalue weighted by Gasteiger charge is 2.35. The highest BCUT2D eigenvalue weighted by atomic mass is 35.5. The summed E-state index contributed by atoms with van der Waals surface area (Å²) in [7, 11) is -3.36. The van der Waals surface area contributed by atoms with Gasteiger partial charge in [0, 0.05) is 27.9 Å². The lowest BCUT2D eigenvalue weighted by Crippen LogP contribution is -2.47. The number of halogens is 1. The van der Waals surface area contributed by atoms with Crippen LogP contribution in [0.5, 0.6) is 0 Å². The smallest absolute Gasteiger partial charge is 0.241 e. The van der Waals surface area contributed by atoms with Crippen LogP contribution in [-0.4, -0.2) is 26.5 Å². The third-order valence-corrected chi connectivity index (χ3v) is 6.82. The van der Waals surface area contributed by atoms with Crippen molar-refractivity contribution in [1.29, 1.82) is 0 Å². The number of nitrogens with one attached hydrogen (secondary N) is 2. The molecule has 7 heteroatoms. The first-order valence-electron chi connectivity index (χ1n) is 6.79. The lowest BCUT2D eigenvalue weighted by Gasteiger charge is -2.29. The Balaban J connectivity index is 0.00000147. The number of sulfonamides is 1. The van der Waals surface area contributed by atoms with Gasteiger partial charge >= 0.3 is 0 Å². The molecule has 20 heavy (non-hydrogen) atoms. The van der Waals surface area contributed by atoms with E-state index >= 15 is 0 Å². The number of aryl methyl sites for hydroxylation is 2. The van der Waals surface area contributed by atoms with Crippen LogP contribution in [-0.2, 0) is 10.0 Å². The molecule has 2 N–H and O–H groups in total. The number of thiophene rings is 1. The molecule has 4 nitrogen and oxygen atoms in total. The minimum absolute atomic E-state index is 0. The maximum Gasteiger partial charge on any atom is 0.241 e. The van der Waals surface area contributed by atoms with Gasteiger partial charge in [0.15, 0.2) is 0 Å². The molecule has 0 amide bonds. The fraction of sp³-hybridized carbons (Fsp3) is 0.692. The summed E-state index contributed by atoms with van der Waals surface area (Å²) in [6.07, 6.45) is 4.19. The molecule has 2 bridgehead atoms. The van der Waals surface area contributed by atoms with Gasteiger partial charge < -0.3 is 5.32 Å². The minimum Gasteiger partial charge on any atom is -0.311 e. The largest absolute Gasteiger partial charge is 0.311 e. The SMILES string of the molecule is Cc1cc(S(=O)(=O)NC2CC3CCC(C2)N3)c(C)s1.Cl. The van der Waals surface area contributed by atoms with Gasteiger partial charge in [-0.1, -0.05) is 0 Å². The van der Waals surface area contributed by atoms with Crippen LogP contribution in [0, 0.1) is 13.8 Å². The Labute approximate surface area is 130 Å². The third-order valence-electron chi connectivity index (χ3n) is 4.08. The standard InChI is InChI=1S/C13H20N2O2S2.ClH/c1-8-5-13(9(2)18-8)19(16,17)15-12-6-10-3-4-11(7-12)14-10;/h5,10-12,14-15H,3-4,6-7H2,1-2H3;1H. The molecule has 0 radical (unpaired) electrons. The van der Waals surface area contributed by atoms with Gasteiger partial charge in [-0.2, -0.15) is 0 Å². The van der Waals surface area contributed by atoms with E-state index in [0.29, 0.717) is 17.0 Å². The van der Waals surface area contributed by atoms with Gasteiger partial charge in [-0.15, -0.1) is 23.7 Å². The lowest BCUT2D eigenvalue weighted by molar-refractivity contribution is 0.345. The van der Waals surface area contributed by atoms with E-state index in [1.807, 2.05) is 13.8 Å². The van der Waals surface area contributed by atoms with E-state index in [4.69, 9.17) is 0 Å². The summed E-state index contributed by atoms with van der Waals surface area (Å²) < 4.78 is 27.8. The average molecular weight is 337 g/mol. The van der Waals surface area contributed by atoms with Crippen LogP contribution in [0.15, 0.2) is 11.0 Å². The minimum atomic E-state index is -3.36. The summed E-state index contributed by atoms with van der Waals surface area (Å²) in [4.78, 5) is 2.38. The van der Waals surface area contributed by atoms with Gasteiger partial charge in [0.05, 0.1) is 4.90 Å². The molecule has 2 fully saturated rings. The molecule has 2 aliphatic rings. The van der Waals surface area contributed by atoms with Crippen LogP contribution in [0.2, 0.25) is 0 Å². The molecule has 3 heterocycles. The van der Waals surface area contributed by atoms with Crippen LogP contribution in [0.4, 0.5) is 0 Å². The van der Waals surface area contributed by atoms with Crippen molar-refractivity contribution in [2.75, 3.05) is 0 Å². The molecule has 2 atom stereocenters. The Kier molecular flexibility index (Phi) is 4.81. The van der Waals surface area contributed by atoms with Gasteiger partial charge in [0.2, 0.25) is 10.0 Å². The Morgan fingerprint density at radius 2 is 1.85 bits per heavy atom. The van der Waals surface area contributed by atoms with E-state index in [-0.39, 0.29) is 18.4 Å². The van der Waals surface area contributed by atoms with Crippen molar-refractivity contribution in [3.8, 4) is 0 Å². The van der Waals surface area contributed by atoms with Gasteiger partial charge in [0.25, 0.3) is 0 Å². The highest BCUT2D eigenvalue weighted by molar-refractivity contribution is 7.89. The fourth-order valence-corrected chi connectivity index (χ4v) is 6.13. The van der Waals surface area contributed by atoms with Gasteiger partial charge in [-0.25, -0.2) is 13.1 Å². The Morgan fingerprint density at radius 3 is 2.35 bits per heavy atom. The van der Waals surface area contributed by atoms with E-state index in [2.05, 4.69) is 10.0 Å². The molecular weight excluding hydrogens is 316 g/mol. The molecule has 2 unspecified atom stereocenters. The zero-order chi connectivity index (χ0) is 13.6. The summed E-state index contributed by atoms with van der Waals surface area (Å²) in [6, 6.07) is 2.86. The van der Waals surface area contributed by atoms with Crippen molar-refractivity contribution in [3.63, 3.8) is 0 Å². The third kappa shape index (κ3) is 3.20. The second kappa shape index (κ2) is 5.93. The highest BCUT2D eigenvalue weighted by Crippen LogP contribution is 2.29. The molecule has 2 aliphatic heterocycles. The van der Waals surface area contributed by atoms with Crippen molar-refractivity contribution < 1.29 is 8.42 Å². The second-order valence-corrected chi connectivity index (χ2v) is 8.85. The zero-order valence-electron chi connectivity index (χ0n) is 11.7. The summed E-state index contributed by atoms with van der Waals surface area (Å²) in [6.45, 7) is 3.82. The number of rotatable bonds is 3. The van der Waals surface area contributed by atoms with Gasteiger partial charge in [0.1, 0.15) is 0 Å². The maximum atomic E-state index is 12.4. The fourth-order valence-electron chi connectivity index (χ4n) is 3.31. The van der Waals surface area contributed by atoms with Crippen molar-refractivity contribution >= 4 is 33.8 Å². The van der Waals surface area contributed by atoms with Crippen LogP contribution < -0.4 is 10.0 Å².